The minimum absolute atomic E-state index is 0.216. The lowest BCUT2D eigenvalue weighted by molar-refractivity contribution is 0.312. The first-order valence-electron chi connectivity index (χ1n) is 5.43. The number of nitriles is 1. The van der Waals surface area contributed by atoms with Gasteiger partial charge in [0, 0.05) is 24.1 Å². The molecule has 1 aromatic carbocycles. The maximum Gasteiger partial charge on any atom is 0.244 e. The fourth-order valence-electron chi connectivity index (χ4n) is 1.83. The molecule has 96 valence electrons. The number of piperazine rings is 1. The van der Waals surface area contributed by atoms with E-state index in [1.54, 1.807) is 12.1 Å². The number of hydrogen-bond donors (Lipinski definition) is 1. The molecule has 0 aliphatic carbocycles. The Morgan fingerprint density at radius 2 is 2.06 bits per heavy atom. The van der Waals surface area contributed by atoms with E-state index in [2.05, 4.69) is 21.2 Å². The molecule has 5 nitrogen and oxygen atoms in total. The molecule has 1 saturated heterocycles. The van der Waals surface area contributed by atoms with E-state index in [0.717, 1.165) is 4.47 Å². The van der Waals surface area contributed by atoms with Gasteiger partial charge in [0.1, 0.15) is 6.04 Å². The second kappa shape index (κ2) is 5.36. The number of nitrogens with one attached hydrogen (secondary N) is 1. The molecule has 1 aliphatic heterocycles. The van der Waals surface area contributed by atoms with Crippen molar-refractivity contribution in [2.24, 2.45) is 0 Å². The van der Waals surface area contributed by atoms with Gasteiger partial charge in [-0.2, -0.15) is 9.57 Å². The molecule has 0 radical (unpaired) electrons. The van der Waals surface area contributed by atoms with Crippen molar-refractivity contribution in [3.8, 4) is 6.07 Å². The highest BCUT2D eigenvalue weighted by Crippen LogP contribution is 2.21. The zero-order valence-electron chi connectivity index (χ0n) is 9.51. The van der Waals surface area contributed by atoms with E-state index in [0.29, 0.717) is 19.6 Å². The van der Waals surface area contributed by atoms with Gasteiger partial charge < -0.3 is 5.32 Å². The monoisotopic (exact) mass is 329 g/mol. The van der Waals surface area contributed by atoms with E-state index in [1.165, 1.54) is 16.4 Å². The van der Waals surface area contributed by atoms with Crippen LogP contribution in [-0.4, -0.2) is 38.4 Å². The Hall–Kier alpha value is -0.940. The number of hydrogen-bond acceptors (Lipinski definition) is 4. The zero-order chi connectivity index (χ0) is 13.2. The molecule has 1 fully saturated rings. The van der Waals surface area contributed by atoms with Gasteiger partial charge in [-0.25, -0.2) is 8.42 Å². The van der Waals surface area contributed by atoms with Crippen LogP contribution in [0.3, 0.4) is 0 Å². The van der Waals surface area contributed by atoms with Gasteiger partial charge in [-0.1, -0.05) is 15.9 Å². The summed E-state index contributed by atoms with van der Waals surface area (Å²) in [4.78, 5) is 0.216. The third-order valence-corrected chi connectivity index (χ3v) is 5.21. The fourth-order valence-corrected chi connectivity index (χ4v) is 3.63. The highest BCUT2D eigenvalue weighted by molar-refractivity contribution is 9.10. The van der Waals surface area contributed by atoms with Crippen molar-refractivity contribution >= 4 is 26.0 Å². The van der Waals surface area contributed by atoms with Gasteiger partial charge in [-0.15, -0.1) is 0 Å². The van der Waals surface area contributed by atoms with Crippen LogP contribution in [-0.2, 0) is 10.0 Å². The predicted molar refractivity (Wildman–Crippen MR) is 70.3 cm³/mol. The minimum Gasteiger partial charge on any atom is -0.313 e. The van der Waals surface area contributed by atoms with E-state index in [1.807, 2.05) is 6.07 Å². The second-order valence-electron chi connectivity index (χ2n) is 3.92. The largest absolute Gasteiger partial charge is 0.313 e. The van der Waals surface area contributed by atoms with Gasteiger partial charge in [-0.3, -0.25) is 0 Å². The highest BCUT2D eigenvalue weighted by Gasteiger charge is 2.33. The second-order valence-corrected chi connectivity index (χ2v) is 6.72. The van der Waals surface area contributed by atoms with Gasteiger partial charge in [0.05, 0.1) is 11.0 Å². The Morgan fingerprint density at radius 3 is 2.67 bits per heavy atom. The topological polar surface area (TPSA) is 73.2 Å². The van der Waals surface area contributed by atoms with Crippen molar-refractivity contribution in [3.05, 3.63) is 28.7 Å². The predicted octanol–water partition coefficient (Wildman–Crippen LogP) is 0.935. The molecule has 1 aliphatic rings. The molecule has 1 aromatic rings. The van der Waals surface area contributed by atoms with Crippen LogP contribution in [0.2, 0.25) is 0 Å². The van der Waals surface area contributed by atoms with Crippen molar-refractivity contribution < 1.29 is 8.42 Å². The minimum atomic E-state index is -3.59. The average Bonchev–Trinajstić information content (AvgIpc) is 2.39. The lowest BCUT2D eigenvalue weighted by Gasteiger charge is -2.30. The summed E-state index contributed by atoms with van der Waals surface area (Å²) < 4.78 is 26.9. The lowest BCUT2D eigenvalue weighted by atomic mass is 10.3. The molecule has 18 heavy (non-hydrogen) atoms. The Balaban J connectivity index is 2.35. The smallest absolute Gasteiger partial charge is 0.244 e. The highest BCUT2D eigenvalue weighted by atomic mass is 79.9. The first kappa shape index (κ1) is 13.5. The van der Waals surface area contributed by atoms with Crippen molar-refractivity contribution in [2.75, 3.05) is 19.6 Å². The third kappa shape index (κ3) is 2.57. The van der Waals surface area contributed by atoms with Gasteiger partial charge in [-0.05, 0) is 24.3 Å². The molecule has 1 heterocycles. The summed E-state index contributed by atoms with van der Waals surface area (Å²) in [5.74, 6) is 0. The number of rotatable bonds is 2. The molecular weight excluding hydrogens is 318 g/mol. The maximum atomic E-state index is 12.4. The number of halogens is 1. The van der Waals surface area contributed by atoms with Gasteiger partial charge >= 0.3 is 0 Å². The van der Waals surface area contributed by atoms with Crippen LogP contribution < -0.4 is 5.32 Å². The van der Waals surface area contributed by atoms with Crippen LogP contribution in [0.1, 0.15) is 0 Å². The standard InChI is InChI=1S/C11H12BrN3O2S/c12-9-1-3-11(4-2-9)18(16,17)15-6-5-14-8-10(15)7-13/h1-4,10,14H,5-6,8H2. The zero-order valence-corrected chi connectivity index (χ0v) is 11.9. The summed E-state index contributed by atoms with van der Waals surface area (Å²) in [5, 5.41) is 12.0. The van der Waals surface area contributed by atoms with E-state index in [9.17, 15) is 8.42 Å². The third-order valence-electron chi connectivity index (χ3n) is 2.76. The van der Waals surface area contributed by atoms with Crippen LogP contribution in [0.5, 0.6) is 0 Å². The Kier molecular flexibility index (Phi) is 4.02. The summed E-state index contributed by atoms with van der Waals surface area (Å²) in [6, 6.07) is 7.80. The lowest BCUT2D eigenvalue weighted by Crippen LogP contribution is -2.52. The number of nitrogens with zero attached hydrogens (tertiary/aromatic N) is 2. The molecule has 2 rings (SSSR count). The molecule has 0 aromatic heterocycles. The van der Waals surface area contributed by atoms with Crippen LogP contribution >= 0.6 is 15.9 Å². The number of benzene rings is 1. The van der Waals surface area contributed by atoms with E-state index < -0.39 is 16.1 Å². The Morgan fingerprint density at radius 1 is 1.39 bits per heavy atom. The van der Waals surface area contributed by atoms with E-state index in [4.69, 9.17) is 5.26 Å². The molecule has 1 unspecified atom stereocenters. The molecule has 7 heteroatoms. The fraction of sp³-hybridized carbons (Fsp3) is 0.364. The van der Waals surface area contributed by atoms with Crippen molar-refractivity contribution in [3.63, 3.8) is 0 Å². The summed E-state index contributed by atoms with van der Waals surface area (Å²) in [5.41, 5.74) is 0. The van der Waals surface area contributed by atoms with Crippen molar-refractivity contribution in [1.82, 2.24) is 9.62 Å². The maximum absolute atomic E-state index is 12.4. The SMILES string of the molecule is N#CC1CNCCN1S(=O)(=O)c1ccc(Br)cc1. The number of sulfonamides is 1. The van der Waals surface area contributed by atoms with Crippen molar-refractivity contribution in [2.45, 2.75) is 10.9 Å². The van der Waals surface area contributed by atoms with Gasteiger partial charge in [0.15, 0.2) is 0 Å². The summed E-state index contributed by atoms with van der Waals surface area (Å²) in [6.07, 6.45) is 0. The van der Waals surface area contributed by atoms with Crippen LogP contribution in [0, 0.1) is 11.3 Å². The van der Waals surface area contributed by atoms with Gasteiger partial charge in [0.2, 0.25) is 10.0 Å². The Bertz CT molecular complexity index is 565. The first-order valence-corrected chi connectivity index (χ1v) is 7.67. The van der Waals surface area contributed by atoms with Crippen LogP contribution in [0.15, 0.2) is 33.6 Å². The molecule has 0 spiro atoms. The average molecular weight is 330 g/mol. The molecule has 1 N–H and O–H groups in total. The van der Waals surface area contributed by atoms with Crippen LogP contribution in [0.25, 0.3) is 0 Å². The van der Waals surface area contributed by atoms with Crippen LogP contribution in [0.4, 0.5) is 0 Å². The molecule has 0 amide bonds. The summed E-state index contributed by atoms with van der Waals surface area (Å²) in [6.45, 7) is 1.25. The molecule has 0 bridgehead atoms. The summed E-state index contributed by atoms with van der Waals surface area (Å²) in [7, 11) is -3.59. The normalized spacial score (nSPS) is 21.4. The summed E-state index contributed by atoms with van der Waals surface area (Å²) >= 11 is 3.26. The molecule has 1 atom stereocenters. The Labute approximate surface area is 115 Å². The van der Waals surface area contributed by atoms with E-state index in [-0.39, 0.29) is 4.90 Å². The molecular formula is C11H12BrN3O2S. The van der Waals surface area contributed by atoms with E-state index >= 15 is 0 Å². The van der Waals surface area contributed by atoms with Crippen molar-refractivity contribution in [1.29, 1.82) is 5.26 Å². The quantitative estimate of drug-likeness (QED) is 0.876. The molecule has 0 saturated carbocycles. The van der Waals surface area contributed by atoms with Gasteiger partial charge in [0.25, 0.3) is 0 Å². The first-order chi connectivity index (χ1) is 8.55.